The van der Waals surface area contributed by atoms with Gasteiger partial charge in [0.2, 0.25) is 15.9 Å². The Bertz CT molecular complexity index is 868. The molecule has 0 radical (unpaired) electrons. The molecule has 2 fully saturated rings. The fraction of sp³-hybridized carbons (Fsp3) is 0.389. The van der Waals surface area contributed by atoms with Crippen molar-refractivity contribution in [2.75, 3.05) is 19.7 Å². The monoisotopic (exact) mass is 378 g/mol. The van der Waals surface area contributed by atoms with E-state index in [1.807, 2.05) is 12.1 Å². The van der Waals surface area contributed by atoms with Crippen LogP contribution in [-0.2, 0) is 14.8 Å². The van der Waals surface area contributed by atoms with Gasteiger partial charge in [-0.2, -0.15) is 4.31 Å². The SMILES string of the molecule is O=S(=O)(c1ccc(F)cc1)N1CC2(CC(Oc3ccccn3)CCO2)C1. The van der Waals surface area contributed by atoms with Crippen molar-refractivity contribution >= 4 is 10.0 Å². The van der Waals surface area contributed by atoms with Crippen LogP contribution in [0.5, 0.6) is 5.88 Å². The van der Waals surface area contributed by atoms with Crippen LogP contribution in [0.3, 0.4) is 0 Å². The second kappa shape index (κ2) is 6.61. The lowest BCUT2D eigenvalue weighted by Gasteiger charge is -2.51. The minimum Gasteiger partial charge on any atom is -0.474 e. The molecule has 2 aliphatic heterocycles. The molecule has 1 aromatic carbocycles. The van der Waals surface area contributed by atoms with Gasteiger partial charge in [0.05, 0.1) is 17.1 Å². The highest BCUT2D eigenvalue weighted by Gasteiger charge is 2.52. The summed E-state index contributed by atoms with van der Waals surface area (Å²) in [6.45, 7) is 1.06. The Morgan fingerprint density at radius 3 is 2.65 bits per heavy atom. The van der Waals surface area contributed by atoms with Gasteiger partial charge in [-0.15, -0.1) is 0 Å². The summed E-state index contributed by atoms with van der Waals surface area (Å²) in [5.74, 6) is 0.0961. The molecule has 0 amide bonds. The third-order valence-corrected chi connectivity index (χ3v) is 6.56. The summed E-state index contributed by atoms with van der Waals surface area (Å²) < 4.78 is 51.4. The van der Waals surface area contributed by atoms with Gasteiger partial charge in [0.1, 0.15) is 11.9 Å². The van der Waals surface area contributed by atoms with E-state index < -0.39 is 21.4 Å². The van der Waals surface area contributed by atoms with Gasteiger partial charge in [0.15, 0.2) is 0 Å². The molecule has 26 heavy (non-hydrogen) atoms. The lowest BCUT2D eigenvalue weighted by molar-refractivity contribution is -0.165. The molecule has 1 unspecified atom stereocenters. The smallest absolute Gasteiger partial charge is 0.243 e. The number of halogens is 1. The van der Waals surface area contributed by atoms with Crippen LogP contribution in [0.25, 0.3) is 0 Å². The summed E-state index contributed by atoms with van der Waals surface area (Å²) in [7, 11) is -3.64. The average molecular weight is 378 g/mol. The van der Waals surface area contributed by atoms with Crippen molar-refractivity contribution in [1.82, 2.24) is 9.29 Å². The number of ether oxygens (including phenoxy) is 2. The van der Waals surface area contributed by atoms with Crippen LogP contribution in [0.4, 0.5) is 4.39 Å². The standard InChI is InChI=1S/C18H19FN2O4S/c19-14-4-6-16(7-5-14)26(22,23)21-12-18(13-21)11-15(8-10-24-18)25-17-3-1-2-9-20-17/h1-7,9,15H,8,10-13H2. The first-order chi connectivity index (χ1) is 12.5. The van der Waals surface area contributed by atoms with Crippen LogP contribution in [0.2, 0.25) is 0 Å². The Balaban J connectivity index is 1.41. The van der Waals surface area contributed by atoms with E-state index in [4.69, 9.17) is 9.47 Å². The van der Waals surface area contributed by atoms with E-state index in [-0.39, 0.29) is 24.1 Å². The molecule has 1 atom stereocenters. The van der Waals surface area contributed by atoms with Crippen molar-refractivity contribution in [3.63, 3.8) is 0 Å². The molecule has 2 aliphatic rings. The van der Waals surface area contributed by atoms with E-state index in [1.165, 1.54) is 16.4 Å². The van der Waals surface area contributed by atoms with Crippen LogP contribution in [0.1, 0.15) is 12.8 Å². The Morgan fingerprint density at radius 1 is 1.19 bits per heavy atom. The van der Waals surface area contributed by atoms with Crippen molar-refractivity contribution in [1.29, 1.82) is 0 Å². The number of nitrogens with zero attached hydrogens (tertiary/aromatic N) is 2. The average Bonchev–Trinajstić information content (AvgIpc) is 2.61. The van der Waals surface area contributed by atoms with Crippen LogP contribution in [0, 0.1) is 5.82 Å². The van der Waals surface area contributed by atoms with Crippen LogP contribution in [-0.4, -0.2) is 49.1 Å². The zero-order valence-corrected chi connectivity index (χ0v) is 14.9. The van der Waals surface area contributed by atoms with E-state index in [9.17, 15) is 12.8 Å². The Morgan fingerprint density at radius 2 is 1.96 bits per heavy atom. The molecule has 3 heterocycles. The maximum absolute atomic E-state index is 13.0. The quantitative estimate of drug-likeness (QED) is 0.816. The molecule has 2 aromatic rings. The summed E-state index contributed by atoms with van der Waals surface area (Å²) in [6.07, 6.45) is 2.96. The summed E-state index contributed by atoms with van der Waals surface area (Å²) >= 11 is 0. The zero-order valence-electron chi connectivity index (χ0n) is 14.0. The number of hydrogen-bond acceptors (Lipinski definition) is 5. The fourth-order valence-electron chi connectivity index (χ4n) is 3.41. The number of hydrogen-bond donors (Lipinski definition) is 0. The Labute approximate surface area is 151 Å². The highest BCUT2D eigenvalue weighted by molar-refractivity contribution is 7.89. The molecule has 1 aromatic heterocycles. The molecular weight excluding hydrogens is 359 g/mol. The Kier molecular flexibility index (Phi) is 4.42. The molecule has 0 N–H and O–H groups in total. The maximum Gasteiger partial charge on any atom is 0.243 e. The topological polar surface area (TPSA) is 68.7 Å². The molecule has 0 saturated carbocycles. The molecule has 0 bridgehead atoms. The molecule has 4 rings (SSSR count). The minimum atomic E-state index is -3.64. The van der Waals surface area contributed by atoms with E-state index in [0.29, 0.717) is 18.9 Å². The summed E-state index contributed by atoms with van der Waals surface area (Å²) in [4.78, 5) is 4.25. The van der Waals surface area contributed by atoms with Gasteiger partial charge in [-0.3, -0.25) is 0 Å². The molecule has 1 spiro atoms. The third kappa shape index (κ3) is 3.32. The van der Waals surface area contributed by atoms with E-state index in [1.54, 1.807) is 12.3 Å². The number of rotatable bonds is 4. The van der Waals surface area contributed by atoms with Crippen molar-refractivity contribution in [3.05, 3.63) is 54.5 Å². The first-order valence-corrected chi connectivity index (χ1v) is 9.88. The molecule has 2 saturated heterocycles. The second-order valence-corrected chi connectivity index (χ2v) is 8.60. The summed E-state index contributed by atoms with van der Waals surface area (Å²) in [5, 5.41) is 0. The summed E-state index contributed by atoms with van der Waals surface area (Å²) in [5.41, 5.74) is -0.523. The predicted molar refractivity (Wildman–Crippen MR) is 91.7 cm³/mol. The molecular formula is C18H19FN2O4S. The predicted octanol–water partition coefficient (Wildman–Crippen LogP) is 2.22. The van der Waals surface area contributed by atoms with Gasteiger partial charge in [0, 0.05) is 38.2 Å². The van der Waals surface area contributed by atoms with Crippen LogP contribution < -0.4 is 4.74 Å². The van der Waals surface area contributed by atoms with Crippen LogP contribution >= 0.6 is 0 Å². The van der Waals surface area contributed by atoms with Gasteiger partial charge in [-0.1, -0.05) is 6.07 Å². The molecule has 8 heteroatoms. The van der Waals surface area contributed by atoms with Gasteiger partial charge < -0.3 is 9.47 Å². The van der Waals surface area contributed by atoms with E-state index in [0.717, 1.165) is 18.6 Å². The largest absolute Gasteiger partial charge is 0.474 e. The Hall–Kier alpha value is -2.03. The number of sulfonamides is 1. The number of benzene rings is 1. The highest BCUT2D eigenvalue weighted by atomic mass is 32.2. The normalized spacial score (nSPS) is 22.7. The lowest BCUT2D eigenvalue weighted by Crippen LogP contribution is -2.67. The van der Waals surface area contributed by atoms with Crippen LogP contribution in [0.15, 0.2) is 53.6 Å². The lowest BCUT2D eigenvalue weighted by atomic mass is 9.86. The first-order valence-electron chi connectivity index (χ1n) is 8.44. The van der Waals surface area contributed by atoms with Crippen molar-refractivity contribution < 1.29 is 22.3 Å². The molecule has 138 valence electrons. The van der Waals surface area contributed by atoms with Crippen molar-refractivity contribution in [2.45, 2.75) is 29.4 Å². The van der Waals surface area contributed by atoms with E-state index >= 15 is 0 Å². The third-order valence-electron chi connectivity index (χ3n) is 4.75. The number of pyridine rings is 1. The zero-order chi connectivity index (χ0) is 18.2. The minimum absolute atomic E-state index is 0.0608. The van der Waals surface area contributed by atoms with Crippen molar-refractivity contribution in [3.8, 4) is 5.88 Å². The van der Waals surface area contributed by atoms with Gasteiger partial charge in [-0.05, 0) is 30.3 Å². The highest BCUT2D eigenvalue weighted by Crippen LogP contribution is 2.38. The van der Waals surface area contributed by atoms with Crippen molar-refractivity contribution in [2.24, 2.45) is 0 Å². The second-order valence-electron chi connectivity index (χ2n) is 6.66. The maximum atomic E-state index is 13.0. The van der Waals surface area contributed by atoms with Gasteiger partial charge >= 0.3 is 0 Å². The van der Waals surface area contributed by atoms with E-state index in [2.05, 4.69) is 4.98 Å². The number of aromatic nitrogens is 1. The summed E-state index contributed by atoms with van der Waals surface area (Å²) in [6, 6.07) is 10.3. The molecule has 6 nitrogen and oxygen atoms in total. The molecule has 0 aliphatic carbocycles. The van der Waals surface area contributed by atoms with Gasteiger partial charge in [-0.25, -0.2) is 17.8 Å². The van der Waals surface area contributed by atoms with Gasteiger partial charge in [0.25, 0.3) is 0 Å². The first kappa shape index (κ1) is 17.4. The fourth-order valence-corrected chi connectivity index (χ4v) is 5.00.